The highest BCUT2D eigenvalue weighted by Crippen LogP contribution is 2.22. The highest BCUT2D eigenvalue weighted by atomic mass is 35.5. The van der Waals surface area contributed by atoms with E-state index in [-0.39, 0.29) is 0 Å². The molecule has 104 valence electrons. The predicted octanol–water partition coefficient (Wildman–Crippen LogP) is 3.21. The molecule has 0 saturated carbocycles. The number of imidazole rings is 1. The van der Waals surface area contributed by atoms with Gasteiger partial charge in [-0.25, -0.2) is 4.98 Å². The lowest BCUT2D eigenvalue weighted by molar-refractivity contribution is 0.367. The van der Waals surface area contributed by atoms with Crippen molar-refractivity contribution in [1.29, 1.82) is 0 Å². The van der Waals surface area contributed by atoms with Gasteiger partial charge in [0.15, 0.2) is 5.82 Å². The summed E-state index contributed by atoms with van der Waals surface area (Å²) in [6, 6.07) is 5.60. The van der Waals surface area contributed by atoms with Crippen molar-refractivity contribution >= 4 is 34.2 Å². The van der Waals surface area contributed by atoms with Crippen LogP contribution in [0.2, 0.25) is 5.02 Å². The van der Waals surface area contributed by atoms with Gasteiger partial charge < -0.3 is 9.09 Å². The summed E-state index contributed by atoms with van der Waals surface area (Å²) in [6.45, 7) is 2.25. The molecule has 0 bridgehead atoms. The summed E-state index contributed by atoms with van der Waals surface area (Å²) in [5.74, 6) is 2.53. The minimum Gasteiger partial charge on any atom is -0.337 e. The summed E-state index contributed by atoms with van der Waals surface area (Å²) in [5.41, 5.74) is 1.82. The zero-order valence-corrected chi connectivity index (χ0v) is 12.3. The van der Waals surface area contributed by atoms with Gasteiger partial charge in [-0.15, -0.1) is 11.6 Å². The van der Waals surface area contributed by atoms with Crippen LogP contribution in [0.5, 0.6) is 0 Å². The van der Waals surface area contributed by atoms with Gasteiger partial charge in [-0.05, 0) is 25.1 Å². The van der Waals surface area contributed by atoms with Crippen molar-refractivity contribution in [1.82, 2.24) is 19.7 Å². The molecule has 0 atom stereocenters. The summed E-state index contributed by atoms with van der Waals surface area (Å²) in [4.78, 5) is 8.80. The van der Waals surface area contributed by atoms with Crippen molar-refractivity contribution in [2.45, 2.75) is 19.9 Å². The van der Waals surface area contributed by atoms with Gasteiger partial charge >= 0.3 is 0 Å². The lowest BCUT2D eigenvalue weighted by Crippen LogP contribution is -2.06. The summed E-state index contributed by atoms with van der Waals surface area (Å²) in [7, 11) is 0. The number of hydrogen-bond donors (Lipinski definition) is 0. The topological polar surface area (TPSA) is 56.7 Å². The molecular formula is C13H12Cl2N4O. The molecular weight excluding hydrogens is 299 g/mol. The predicted molar refractivity (Wildman–Crippen MR) is 77.3 cm³/mol. The Balaban J connectivity index is 2.09. The molecule has 0 spiro atoms. The van der Waals surface area contributed by atoms with E-state index < -0.39 is 0 Å². The average Bonchev–Trinajstić information content (AvgIpc) is 2.96. The highest BCUT2D eigenvalue weighted by molar-refractivity contribution is 6.31. The Morgan fingerprint density at radius 3 is 2.85 bits per heavy atom. The molecule has 0 amide bonds. The van der Waals surface area contributed by atoms with Crippen LogP contribution in [0.4, 0.5) is 0 Å². The molecule has 0 aliphatic carbocycles. The SMILES string of the molecule is Cc1noc(Cn2c(CCCl)nc3ccc(Cl)cc32)n1. The van der Waals surface area contributed by atoms with Crippen molar-refractivity contribution in [2.75, 3.05) is 5.88 Å². The maximum Gasteiger partial charge on any atom is 0.246 e. The number of nitrogens with zero attached hydrogens (tertiary/aromatic N) is 4. The molecule has 1 aromatic carbocycles. The van der Waals surface area contributed by atoms with E-state index in [1.54, 1.807) is 6.92 Å². The van der Waals surface area contributed by atoms with E-state index in [0.717, 1.165) is 16.9 Å². The van der Waals surface area contributed by atoms with Gasteiger partial charge in [-0.1, -0.05) is 16.8 Å². The van der Waals surface area contributed by atoms with Crippen LogP contribution in [-0.2, 0) is 13.0 Å². The van der Waals surface area contributed by atoms with Gasteiger partial charge in [-0.2, -0.15) is 4.98 Å². The number of aryl methyl sites for hydroxylation is 2. The third-order valence-electron chi connectivity index (χ3n) is 2.97. The van der Waals surface area contributed by atoms with Crippen LogP contribution < -0.4 is 0 Å². The van der Waals surface area contributed by atoms with Gasteiger partial charge in [0.1, 0.15) is 12.4 Å². The van der Waals surface area contributed by atoms with E-state index >= 15 is 0 Å². The molecule has 20 heavy (non-hydrogen) atoms. The molecule has 2 aromatic heterocycles. The molecule has 0 aliphatic rings. The van der Waals surface area contributed by atoms with E-state index in [4.69, 9.17) is 27.7 Å². The number of fused-ring (bicyclic) bond motifs is 1. The first-order valence-electron chi connectivity index (χ1n) is 6.17. The summed E-state index contributed by atoms with van der Waals surface area (Å²) in [6.07, 6.45) is 0.668. The van der Waals surface area contributed by atoms with Crippen molar-refractivity contribution in [3.63, 3.8) is 0 Å². The minimum atomic E-state index is 0.462. The summed E-state index contributed by atoms with van der Waals surface area (Å²) in [5, 5.41) is 4.46. The van der Waals surface area contributed by atoms with Crippen LogP contribution >= 0.6 is 23.2 Å². The molecule has 2 heterocycles. The Bertz CT molecular complexity index is 750. The number of hydrogen-bond acceptors (Lipinski definition) is 4. The maximum atomic E-state index is 6.07. The van der Waals surface area contributed by atoms with Crippen LogP contribution in [0, 0.1) is 6.92 Å². The Morgan fingerprint density at radius 2 is 2.15 bits per heavy atom. The zero-order valence-electron chi connectivity index (χ0n) is 10.8. The van der Waals surface area contributed by atoms with Crippen LogP contribution in [0.25, 0.3) is 11.0 Å². The van der Waals surface area contributed by atoms with E-state index in [1.807, 2.05) is 22.8 Å². The van der Waals surface area contributed by atoms with Crippen LogP contribution in [0.1, 0.15) is 17.5 Å². The molecule has 3 aromatic rings. The Labute approximate surface area is 125 Å². The fourth-order valence-electron chi connectivity index (χ4n) is 2.14. The summed E-state index contributed by atoms with van der Waals surface area (Å²) < 4.78 is 7.18. The van der Waals surface area contributed by atoms with Gasteiger partial charge in [0, 0.05) is 17.3 Å². The fraction of sp³-hybridized carbons (Fsp3) is 0.308. The Hall–Kier alpha value is -1.59. The third-order valence-corrected chi connectivity index (χ3v) is 3.39. The molecule has 0 aliphatic heterocycles. The number of benzene rings is 1. The molecule has 0 N–H and O–H groups in total. The van der Waals surface area contributed by atoms with Crippen molar-refractivity contribution < 1.29 is 4.52 Å². The number of halogens is 2. The lowest BCUT2D eigenvalue weighted by Gasteiger charge is -2.05. The van der Waals surface area contributed by atoms with E-state index in [0.29, 0.717) is 35.6 Å². The quantitative estimate of drug-likeness (QED) is 0.694. The first-order valence-corrected chi connectivity index (χ1v) is 7.08. The van der Waals surface area contributed by atoms with Gasteiger partial charge in [0.2, 0.25) is 5.89 Å². The van der Waals surface area contributed by atoms with E-state index in [1.165, 1.54) is 0 Å². The molecule has 0 fully saturated rings. The van der Waals surface area contributed by atoms with Crippen LogP contribution in [-0.4, -0.2) is 25.6 Å². The molecule has 7 heteroatoms. The molecule has 5 nitrogen and oxygen atoms in total. The molecule has 0 radical (unpaired) electrons. The van der Waals surface area contributed by atoms with E-state index in [2.05, 4.69) is 15.1 Å². The van der Waals surface area contributed by atoms with E-state index in [9.17, 15) is 0 Å². The van der Waals surface area contributed by atoms with Gasteiger partial charge in [0.05, 0.1) is 11.0 Å². The monoisotopic (exact) mass is 310 g/mol. The first kappa shape index (κ1) is 13.4. The Morgan fingerprint density at radius 1 is 1.30 bits per heavy atom. The lowest BCUT2D eigenvalue weighted by atomic mass is 10.3. The largest absolute Gasteiger partial charge is 0.337 e. The first-order chi connectivity index (χ1) is 9.67. The number of alkyl halides is 1. The molecule has 3 rings (SSSR count). The molecule has 0 saturated heterocycles. The van der Waals surface area contributed by atoms with Gasteiger partial charge in [0.25, 0.3) is 0 Å². The standard InChI is InChI=1S/C13H12Cl2N4O/c1-8-16-13(20-18-8)7-19-11-6-9(15)2-3-10(11)17-12(19)4-5-14/h2-3,6H,4-5,7H2,1H3. The fourth-order valence-corrected chi connectivity index (χ4v) is 2.47. The highest BCUT2D eigenvalue weighted by Gasteiger charge is 2.14. The second-order valence-corrected chi connectivity index (χ2v) is 5.24. The third kappa shape index (κ3) is 2.51. The second kappa shape index (κ2) is 5.42. The van der Waals surface area contributed by atoms with Crippen LogP contribution in [0.3, 0.4) is 0 Å². The average molecular weight is 311 g/mol. The molecule has 0 unspecified atom stereocenters. The van der Waals surface area contributed by atoms with Crippen molar-refractivity contribution in [3.8, 4) is 0 Å². The number of rotatable bonds is 4. The smallest absolute Gasteiger partial charge is 0.246 e. The van der Waals surface area contributed by atoms with Gasteiger partial charge in [-0.3, -0.25) is 0 Å². The normalized spacial score (nSPS) is 11.3. The zero-order chi connectivity index (χ0) is 14.1. The second-order valence-electron chi connectivity index (χ2n) is 4.42. The minimum absolute atomic E-state index is 0.462. The van der Waals surface area contributed by atoms with Crippen molar-refractivity contribution in [3.05, 3.63) is 40.8 Å². The maximum absolute atomic E-state index is 6.07. The van der Waals surface area contributed by atoms with Crippen molar-refractivity contribution in [2.24, 2.45) is 0 Å². The van der Waals surface area contributed by atoms with Crippen LogP contribution in [0.15, 0.2) is 22.7 Å². The Kier molecular flexibility index (Phi) is 3.63. The number of aromatic nitrogens is 4. The summed E-state index contributed by atoms with van der Waals surface area (Å²) >= 11 is 11.9.